The molecule has 1 N–H and O–H groups in total. The first-order valence-corrected chi connectivity index (χ1v) is 9.82. The van der Waals surface area contributed by atoms with E-state index in [1.165, 1.54) is 24.1 Å². The highest BCUT2D eigenvalue weighted by atomic mass is 16.5. The lowest BCUT2D eigenvalue weighted by atomic mass is 10.2. The number of hydrogen-bond acceptors (Lipinski definition) is 3. The standard InChI is InChI=1S/C21H32N4O/c1-3-22-21(24(2)14-15-26-17-19-6-7-19)23-16-18-8-10-20(11-9-18)25-12-4-5-13-25/h4-5,8-11,19H,3,6-7,12-17H2,1-2H3,(H,22,23). The number of guanidine groups is 1. The van der Waals surface area contributed by atoms with Crippen LogP contribution >= 0.6 is 0 Å². The van der Waals surface area contributed by atoms with Crippen LogP contribution in [0.1, 0.15) is 25.3 Å². The number of hydrogen-bond donors (Lipinski definition) is 1. The van der Waals surface area contributed by atoms with Crippen molar-refractivity contribution in [1.82, 2.24) is 10.2 Å². The molecule has 2 aliphatic rings. The number of nitrogens with one attached hydrogen (secondary N) is 1. The SMILES string of the molecule is CCNC(=NCc1ccc(N2CC=CC2)cc1)N(C)CCOCC1CC1. The lowest BCUT2D eigenvalue weighted by molar-refractivity contribution is 0.115. The fourth-order valence-corrected chi connectivity index (χ4v) is 2.98. The molecule has 0 bridgehead atoms. The van der Waals surface area contributed by atoms with Crippen molar-refractivity contribution in [3.63, 3.8) is 0 Å². The summed E-state index contributed by atoms with van der Waals surface area (Å²) in [4.78, 5) is 9.29. The summed E-state index contributed by atoms with van der Waals surface area (Å²) >= 11 is 0. The molecule has 0 aromatic heterocycles. The molecular formula is C21H32N4O. The molecule has 1 aliphatic carbocycles. The van der Waals surface area contributed by atoms with E-state index in [2.05, 4.69) is 65.5 Å². The molecule has 26 heavy (non-hydrogen) atoms. The van der Waals surface area contributed by atoms with Gasteiger partial charge >= 0.3 is 0 Å². The van der Waals surface area contributed by atoms with Gasteiger partial charge in [0.1, 0.15) is 0 Å². The van der Waals surface area contributed by atoms with E-state index < -0.39 is 0 Å². The predicted molar refractivity (Wildman–Crippen MR) is 109 cm³/mol. The molecule has 142 valence electrons. The van der Waals surface area contributed by atoms with Gasteiger partial charge in [0, 0.05) is 45.5 Å². The molecule has 0 unspecified atom stereocenters. The van der Waals surface area contributed by atoms with Crippen LogP contribution in [0.2, 0.25) is 0 Å². The van der Waals surface area contributed by atoms with Crippen LogP contribution in [0.25, 0.3) is 0 Å². The third kappa shape index (κ3) is 5.77. The second kappa shape index (κ2) is 9.62. The Kier molecular flexibility index (Phi) is 6.95. The Morgan fingerprint density at radius 3 is 2.62 bits per heavy atom. The minimum Gasteiger partial charge on any atom is -0.379 e. The Labute approximate surface area is 157 Å². The van der Waals surface area contributed by atoms with Crippen LogP contribution in [0.3, 0.4) is 0 Å². The van der Waals surface area contributed by atoms with Gasteiger partial charge in [-0.2, -0.15) is 0 Å². The quantitative estimate of drug-likeness (QED) is 0.320. The predicted octanol–water partition coefficient (Wildman–Crippen LogP) is 2.89. The average Bonchev–Trinajstić information content (AvgIpc) is 3.33. The van der Waals surface area contributed by atoms with Crippen LogP contribution in [0.4, 0.5) is 5.69 Å². The van der Waals surface area contributed by atoms with Crippen molar-refractivity contribution in [2.24, 2.45) is 10.9 Å². The number of aliphatic imine (C=N–C) groups is 1. The number of anilines is 1. The van der Waals surface area contributed by atoms with Crippen LogP contribution in [-0.4, -0.2) is 57.3 Å². The van der Waals surface area contributed by atoms with Crippen LogP contribution in [-0.2, 0) is 11.3 Å². The first-order chi connectivity index (χ1) is 12.8. The van der Waals surface area contributed by atoms with Gasteiger partial charge in [-0.3, -0.25) is 0 Å². The monoisotopic (exact) mass is 356 g/mol. The molecule has 1 aromatic rings. The summed E-state index contributed by atoms with van der Waals surface area (Å²) in [6.45, 7) is 8.22. The molecule has 0 atom stereocenters. The summed E-state index contributed by atoms with van der Waals surface area (Å²) in [5.41, 5.74) is 2.51. The zero-order chi connectivity index (χ0) is 18.2. The highest BCUT2D eigenvalue weighted by Crippen LogP contribution is 2.28. The van der Waals surface area contributed by atoms with Gasteiger partial charge in [0.15, 0.2) is 5.96 Å². The molecule has 0 saturated heterocycles. The van der Waals surface area contributed by atoms with E-state index >= 15 is 0 Å². The van der Waals surface area contributed by atoms with Crippen LogP contribution < -0.4 is 10.2 Å². The first-order valence-electron chi connectivity index (χ1n) is 9.82. The third-order valence-electron chi connectivity index (χ3n) is 4.85. The summed E-state index contributed by atoms with van der Waals surface area (Å²) in [6, 6.07) is 8.75. The lowest BCUT2D eigenvalue weighted by Crippen LogP contribution is -2.40. The number of ether oxygens (including phenoxy) is 1. The first kappa shape index (κ1) is 18.8. The van der Waals surface area contributed by atoms with Crippen molar-refractivity contribution < 1.29 is 4.74 Å². The molecule has 0 spiro atoms. The highest BCUT2D eigenvalue weighted by molar-refractivity contribution is 5.79. The van der Waals surface area contributed by atoms with E-state index in [1.807, 2.05) is 0 Å². The third-order valence-corrected chi connectivity index (χ3v) is 4.85. The summed E-state index contributed by atoms with van der Waals surface area (Å²) in [6.07, 6.45) is 7.11. The van der Waals surface area contributed by atoms with Gasteiger partial charge in [0.2, 0.25) is 0 Å². The largest absolute Gasteiger partial charge is 0.379 e. The molecule has 1 aromatic carbocycles. The minimum absolute atomic E-state index is 0.689. The Morgan fingerprint density at radius 2 is 1.96 bits per heavy atom. The average molecular weight is 357 g/mol. The molecule has 3 rings (SSSR count). The van der Waals surface area contributed by atoms with E-state index in [0.29, 0.717) is 6.54 Å². The maximum absolute atomic E-state index is 5.75. The number of benzene rings is 1. The van der Waals surface area contributed by atoms with Crippen molar-refractivity contribution in [1.29, 1.82) is 0 Å². The van der Waals surface area contributed by atoms with Gasteiger partial charge in [0.25, 0.3) is 0 Å². The van der Waals surface area contributed by atoms with Crippen LogP contribution in [0.15, 0.2) is 41.4 Å². The van der Waals surface area contributed by atoms with Crippen LogP contribution in [0.5, 0.6) is 0 Å². The van der Waals surface area contributed by atoms with E-state index in [1.54, 1.807) is 0 Å². The fraction of sp³-hybridized carbons (Fsp3) is 0.571. The Hall–Kier alpha value is -2.01. The van der Waals surface area contributed by atoms with E-state index in [0.717, 1.165) is 51.3 Å². The highest BCUT2D eigenvalue weighted by Gasteiger charge is 2.21. The van der Waals surface area contributed by atoms with Crippen molar-refractivity contribution in [2.75, 3.05) is 51.3 Å². The van der Waals surface area contributed by atoms with Crippen molar-refractivity contribution in [2.45, 2.75) is 26.3 Å². The van der Waals surface area contributed by atoms with Crippen LogP contribution in [0, 0.1) is 5.92 Å². The molecule has 1 saturated carbocycles. The summed E-state index contributed by atoms with van der Waals surface area (Å²) < 4.78 is 5.75. The maximum Gasteiger partial charge on any atom is 0.194 e. The number of likely N-dealkylation sites (N-methyl/N-ethyl adjacent to an activating group) is 1. The van der Waals surface area contributed by atoms with Gasteiger partial charge in [-0.15, -0.1) is 0 Å². The summed E-state index contributed by atoms with van der Waals surface area (Å²) in [7, 11) is 2.07. The minimum atomic E-state index is 0.689. The zero-order valence-corrected chi connectivity index (χ0v) is 16.2. The molecule has 1 fully saturated rings. The molecular weight excluding hydrogens is 324 g/mol. The molecule has 5 nitrogen and oxygen atoms in total. The van der Waals surface area contributed by atoms with Gasteiger partial charge in [-0.1, -0.05) is 24.3 Å². The molecule has 1 aliphatic heterocycles. The van der Waals surface area contributed by atoms with Crippen molar-refractivity contribution in [3.8, 4) is 0 Å². The van der Waals surface area contributed by atoms with Gasteiger partial charge < -0.3 is 19.9 Å². The normalized spacial score (nSPS) is 17.0. The molecule has 0 amide bonds. The number of nitrogens with zero attached hydrogens (tertiary/aromatic N) is 3. The maximum atomic E-state index is 5.75. The van der Waals surface area contributed by atoms with Crippen molar-refractivity contribution in [3.05, 3.63) is 42.0 Å². The van der Waals surface area contributed by atoms with E-state index in [9.17, 15) is 0 Å². The van der Waals surface area contributed by atoms with E-state index in [-0.39, 0.29) is 0 Å². The smallest absolute Gasteiger partial charge is 0.194 e. The topological polar surface area (TPSA) is 40.1 Å². The van der Waals surface area contributed by atoms with Gasteiger partial charge in [-0.05, 0) is 43.4 Å². The van der Waals surface area contributed by atoms with E-state index in [4.69, 9.17) is 9.73 Å². The Bertz CT molecular complexity index is 599. The second-order valence-corrected chi connectivity index (χ2v) is 7.15. The summed E-state index contributed by atoms with van der Waals surface area (Å²) in [5.74, 6) is 1.76. The Balaban J connectivity index is 1.48. The zero-order valence-electron chi connectivity index (χ0n) is 16.2. The fourth-order valence-electron chi connectivity index (χ4n) is 2.98. The van der Waals surface area contributed by atoms with Gasteiger partial charge in [-0.25, -0.2) is 4.99 Å². The van der Waals surface area contributed by atoms with Crippen molar-refractivity contribution >= 4 is 11.6 Å². The molecule has 5 heteroatoms. The number of rotatable bonds is 9. The van der Waals surface area contributed by atoms with Gasteiger partial charge in [0.05, 0.1) is 13.2 Å². The second-order valence-electron chi connectivity index (χ2n) is 7.15. The Morgan fingerprint density at radius 1 is 1.23 bits per heavy atom. The summed E-state index contributed by atoms with van der Waals surface area (Å²) in [5, 5.41) is 3.37. The lowest BCUT2D eigenvalue weighted by Gasteiger charge is -2.22. The molecule has 0 radical (unpaired) electrons. The molecule has 1 heterocycles.